The molecule has 1 atom stereocenters. The first kappa shape index (κ1) is 16.2. The first-order valence-electron chi connectivity index (χ1n) is 7.96. The van der Waals surface area contributed by atoms with Gasteiger partial charge in [-0.25, -0.2) is 0 Å². The van der Waals surface area contributed by atoms with E-state index in [1.165, 1.54) is 5.56 Å². The highest BCUT2D eigenvalue weighted by Gasteiger charge is 2.17. The molecule has 0 saturated heterocycles. The van der Waals surface area contributed by atoms with Gasteiger partial charge in [0.05, 0.1) is 6.61 Å². The fourth-order valence-corrected chi connectivity index (χ4v) is 2.62. The number of hydrogen-bond acceptors (Lipinski definition) is 5. The van der Waals surface area contributed by atoms with E-state index in [2.05, 4.69) is 5.16 Å². The molecule has 0 fully saturated rings. The minimum Gasteiger partial charge on any atom is -0.465 e. The van der Waals surface area contributed by atoms with Gasteiger partial charge in [-0.3, -0.25) is 4.79 Å². The SMILES string of the molecule is CCOC(=O)C(N)Cc1ccc2noc(-c3ccc(C)cc3)c2c1. The summed E-state index contributed by atoms with van der Waals surface area (Å²) in [7, 11) is 0. The van der Waals surface area contributed by atoms with Crippen LogP contribution in [0.4, 0.5) is 0 Å². The maximum atomic E-state index is 11.7. The Morgan fingerprint density at radius 1 is 1.25 bits per heavy atom. The van der Waals surface area contributed by atoms with Gasteiger partial charge in [-0.15, -0.1) is 0 Å². The van der Waals surface area contributed by atoms with Gasteiger partial charge in [0.15, 0.2) is 5.76 Å². The number of carbonyl (C=O) groups is 1. The van der Waals surface area contributed by atoms with E-state index in [0.29, 0.717) is 13.0 Å². The normalized spacial score (nSPS) is 12.3. The highest BCUT2D eigenvalue weighted by Crippen LogP contribution is 2.29. The van der Waals surface area contributed by atoms with Crippen molar-refractivity contribution in [2.45, 2.75) is 26.3 Å². The van der Waals surface area contributed by atoms with Crippen LogP contribution in [0.5, 0.6) is 0 Å². The molecule has 0 aliphatic heterocycles. The Balaban J connectivity index is 1.91. The molecule has 2 N–H and O–H groups in total. The van der Waals surface area contributed by atoms with Crippen LogP contribution in [0.15, 0.2) is 47.0 Å². The largest absolute Gasteiger partial charge is 0.465 e. The fourth-order valence-electron chi connectivity index (χ4n) is 2.62. The van der Waals surface area contributed by atoms with Crippen LogP contribution >= 0.6 is 0 Å². The van der Waals surface area contributed by atoms with E-state index >= 15 is 0 Å². The zero-order valence-electron chi connectivity index (χ0n) is 13.8. The summed E-state index contributed by atoms with van der Waals surface area (Å²) in [5, 5.41) is 5.01. The van der Waals surface area contributed by atoms with Gasteiger partial charge in [0.25, 0.3) is 0 Å². The molecule has 1 heterocycles. The molecule has 124 valence electrons. The predicted octanol–water partition coefficient (Wildman–Crippen LogP) is 3.24. The molecule has 3 aromatic rings. The number of ether oxygens (including phenoxy) is 1. The van der Waals surface area contributed by atoms with E-state index < -0.39 is 6.04 Å². The Kier molecular flexibility index (Phi) is 4.62. The predicted molar refractivity (Wildman–Crippen MR) is 92.5 cm³/mol. The van der Waals surface area contributed by atoms with Gasteiger partial charge in [0.2, 0.25) is 0 Å². The van der Waals surface area contributed by atoms with Gasteiger partial charge in [-0.05, 0) is 38.0 Å². The van der Waals surface area contributed by atoms with Gasteiger partial charge in [0.1, 0.15) is 11.6 Å². The van der Waals surface area contributed by atoms with Crippen molar-refractivity contribution in [2.75, 3.05) is 6.61 Å². The molecule has 3 rings (SSSR count). The van der Waals surface area contributed by atoms with Crippen molar-refractivity contribution in [3.05, 3.63) is 53.6 Å². The summed E-state index contributed by atoms with van der Waals surface area (Å²) in [6.07, 6.45) is 0.410. The molecule has 1 unspecified atom stereocenters. The van der Waals surface area contributed by atoms with Crippen LogP contribution in [0.25, 0.3) is 22.2 Å². The fraction of sp³-hybridized carbons (Fsp3) is 0.263. The van der Waals surface area contributed by atoms with E-state index in [-0.39, 0.29) is 5.97 Å². The Morgan fingerprint density at radius 3 is 2.71 bits per heavy atom. The van der Waals surface area contributed by atoms with E-state index in [0.717, 1.165) is 27.8 Å². The molecule has 0 radical (unpaired) electrons. The molecule has 0 bridgehead atoms. The lowest BCUT2D eigenvalue weighted by atomic mass is 10.0. The highest BCUT2D eigenvalue weighted by molar-refractivity contribution is 5.92. The molecule has 0 saturated carbocycles. The molecule has 5 nitrogen and oxygen atoms in total. The molecule has 1 aromatic heterocycles. The quantitative estimate of drug-likeness (QED) is 0.729. The molecule has 5 heteroatoms. The monoisotopic (exact) mass is 324 g/mol. The zero-order valence-corrected chi connectivity index (χ0v) is 13.8. The van der Waals surface area contributed by atoms with Crippen LogP contribution in [-0.2, 0) is 16.0 Å². The second-order valence-corrected chi connectivity index (χ2v) is 5.79. The van der Waals surface area contributed by atoms with E-state index in [1.54, 1.807) is 6.92 Å². The standard InChI is InChI=1S/C19H20N2O3/c1-3-23-19(22)16(20)11-13-6-9-17-15(10-13)18(24-21-17)14-7-4-12(2)5-8-14/h4-10,16H,3,11,20H2,1-2H3. The third-order valence-electron chi connectivity index (χ3n) is 3.90. The summed E-state index contributed by atoms with van der Waals surface area (Å²) < 4.78 is 10.5. The number of rotatable bonds is 5. The van der Waals surface area contributed by atoms with Gasteiger partial charge in [0, 0.05) is 10.9 Å². The van der Waals surface area contributed by atoms with Gasteiger partial charge < -0.3 is 15.0 Å². The summed E-state index contributed by atoms with van der Waals surface area (Å²) in [5.41, 5.74) is 9.78. The maximum Gasteiger partial charge on any atom is 0.323 e. The molecular formula is C19H20N2O3. The number of aromatic nitrogens is 1. The van der Waals surface area contributed by atoms with Crippen LogP contribution in [-0.4, -0.2) is 23.8 Å². The summed E-state index contributed by atoms with van der Waals surface area (Å²) in [6, 6.07) is 13.2. The lowest BCUT2D eigenvalue weighted by molar-refractivity contribution is -0.144. The Morgan fingerprint density at radius 2 is 2.00 bits per heavy atom. The number of nitrogens with two attached hydrogens (primary N) is 1. The molecule has 0 spiro atoms. The van der Waals surface area contributed by atoms with Crippen LogP contribution in [0.3, 0.4) is 0 Å². The smallest absolute Gasteiger partial charge is 0.323 e. The molecule has 0 aliphatic carbocycles. The first-order chi connectivity index (χ1) is 11.6. The van der Waals surface area contributed by atoms with Crippen molar-refractivity contribution in [1.29, 1.82) is 0 Å². The van der Waals surface area contributed by atoms with E-state index in [4.69, 9.17) is 15.0 Å². The molecule has 0 aliphatic rings. The average Bonchev–Trinajstić information content (AvgIpc) is 2.99. The van der Waals surface area contributed by atoms with Gasteiger partial charge in [-0.2, -0.15) is 0 Å². The van der Waals surface area contributed by atoms with Crippen LogP contribution in [0, 0.1) is 6.92 Å². The van der Waals surface area contributed by atoms with Crippen LogP contribution < -0.4 is 5.73 Å². The summed E-state index contributed by atoms with van der Waals surface area (Å²) in [4.78, 5) is 11.7. The molecule has 24 heavy (non-hydrogen) atoms. The van der Waals surface area contributed by atoms with Crippen molar-refractivity contribution < 1.29 is 14.1 Å². The van der Waals surface area contributed by atoms with E-state index in [9.17, 15) is 4.79 Å². The summed E-state index contributed by atoms with van der Waals surface area (Å²) >= 11 is 0. The number of hydrogen-bond donors (Lipinski definition) is 1. The summed E-state index contributed by atoms with van der Waals surface area (Å²) in [5.74, 6) is 0.332. The van der Waals surface area contributed by atoms with Crippen molar-refractivity contribution in [1.82, 2.24) is 5.16 Å². The van der Waals surface area contributed by atoms with Crippen molar-refractivity contribution in [3.63, 3.8) is 0 Å². The Bertz CT molecular complexity index is 853. The van der Waals surface area contributed by atoms with Crippen molar-refractivity contribution in [2.24, 2.45) is 5.73 Å². The van der Waals surface area contributed by atoms with Crippen LogP contribution in [0.2, 0.25) is 0 Å². The highest BCUT2D eigenvalue weighted by atomic mass is 16.5. The number of esters is 1. The second kappa shape index (κ2) is 6.84. The summed E-state index contributed by atoms with van der Waals surface area (Å²) in [6.45, 7) is 4.13. The maximum absolute atomic E-state index is 11.7. The third-order valence-corrected chi connectivity index (χ3v) is 3.90. The van der Waals surface area contributed by atoms with Gasteiger partial charge >= 0.3 is 5.97 Å². The van der Waals surface area contributed by atoms with E-state index in [1.807, 2.05) is 49.4 Å². The average molecular weight is 324 g/mol. The zero-order chi connectivity index (χ0) is 17.1. The molecular weight excluding hydrogens is 304 g/mol. The van der Waals surface area contributed by atoms with Crippen molar-refractivity contribution >= 4 is 16.9 Å². The topological polar surface area (TPSA) is 78.4 Å². The van der Waals surface area contributed by atoms with Crippen LogP contribution in [0.1, 0.15) is 18.1 Å². The second-order valence-electron chi connectivity index (χ2n) is 5.79. The number of benzene rings is 2. The Labute approximate surface area is 140 Å². The minimum atomic E-state index is -0.676. The van der Waals surface area contributed by atoms with Crippen molar-refractivity contribution in [3.8, 4) is 11.3 Å². The van der Waals surface area contributed by atoms with Gasteiger partial charge in [-0.1, -0.05) is 41.1 Å². The number of fused-ring (bicyclic) bond motifs is 1. The molecule has 2 aromatic carbocycles. The first-order valence-corrected chi connectivity index (χ1v) is 7.96. The number of carbonyl (C=O) groups excluding carboxylic acids is 1. The Hall–Kier alpha value is -2.66. The molecule has 0 amide bonds. The lowest BCUT2D eigenvalue weighted by Crippen LogP contribution is -2.34. The minimum absolute atomic E-state index is 0.328. The number of nitrogens with zero attached hydrogens (tertiary/aromatic N) is 1. The number of aryl methyl sites for hydroxylation is 1. The lowest BCUT2D eigenvalue weighted by Gasteiger charge is -2.10. The third kappa shape index (κ3) is 3.31.